The zero-order valence-corrected chi connectivity index (χ0v) is 24.9. The minimum absolute atomic E-state index is 0.0156. The normalized spacial score (nSPS) is 18.2. The highest BCUT2D eigenvalue weighted by molar-refractivity contribution is 5.88. The van der Waals surface area contributed by atoms with Gasteiger partial charge < -0.3 is 19.7 Å². The van der Waals surface area contributed by atoms with Crippen LogP contribution in [0.3, 0.4) is 0 Å². The van der Waals surface area contributed by atoms with Crippen LogP contribution in [0.25, 0.3) is 0 Å². The van der Waals surface area contributed by atoms with E-state index in [1.165, 1.54) is 7.11 Å². The Morgan fingerprint density at radius 1 is 1.07 bits per heavy atom. The molecule has 222 valence electrons. The molecule has 0 unspecified atom stereocenters. The Morgan fingerprint density at radius 2 is 1.85 bits per heavy atom. The highest BCUT2D eigenvalue weighted by atomic mass is 16.6. The molecule has 3 heterocycles. The number of aromatic nitrogens is 1. The van der Waals surface area contributed by atoms with Gasteiger partial charge in [0.1, 0.15) is 11.4 Å². The number of carbonyl (C=O) groups is 3. The molecule has 0 aliphatic carbocycles. The van der Waals surface area contributed by atoms with Gasteiger partial charge in [0.25, 0.3) is 0 Å². The first-order chi connectivity index (χ1) is 19.6. The summed E-state index contributed by atoms with van der Waals surface area (Å²) in [5, 5.41) is 3.01. The van der Waals surface area contributed by atoms with E-state index in [0.29, 0.717) is 13.1 Å². The highest BCUT2D eigenvalue weighted by Crippen LogP contribution is 2.27. The smallest absolute Gasteiger partial charge is 0.416 e. The van der Waals surface area contributed by atoms with E-state index in [1.54, 1.807) is 4.90 Å². The molecule has 0 bridgehead atoms. The summed E-state index contributed by atoms with van der Waals surface area (Å²) in [6.45, 7) is 8.98. The maximum Gasteiger partial charge on any atom is 0.416 e. The van der Waals surface area contributed by atoms with Crippen molar-refractivity contribution in [3.63, 3.8) is 0 Å². The molecule has 1 saturated heterocycles. The molecule has 41 heavy (non-hydrogen) atoms. The number of carbonyl (C=O) groups excluding carboxylic acids is 3. The predicted molar refractivity (Wildman–Crippen MR) is 158 cm³/mol. The summed E-state index contributed by atoms with van der Waals surface area (Å²) in [4.78, 5) is 47.1. The molecule has 9 heteroatoms. The van der Waals surface area contributed by atoms with Crippen LogP contribution >= 0.6 is 0 Å². The number of nitrogens with one attached hydrogen (secondary N) is 1. The number of nitrogens with zero attached hydrogens (tertiary/aromatic N) is 3. The largest absolute Gasteiger partial charge is 0.468 e. The minimum atomic E-state index is -0.555. The van der Waals surface area contributed by atoms with Crippen LogP contribution in [0.2, 0.25) is 0 Å². The Morgan fingerprint density at radius 3 is 2.59 bits per heavy atom. The SMILES string of the molecule is COC(=O)[C@H](CNC(=O)[C@@H]1CCCN(CCCc2ccc3c(n2)N(C(=O)OC(C)(C)C)CCC3)C1)c1ccccc1. The van der Waals surface area contributed by atoms with Crippen molar-refractivity contribution in [3.8, 4) is 0 Å². The maximum atomic E-state index is 13.1. The van der Waals surface area contributed by atoms with E-state index in [9.17, 15) is 14.4 Å². The number of benzene rings is 1. The molecule has 1 aromatic heterocycles. The standard InChI is InChI=1S/C32H44N4O5/c1-32(2,3)41-31(39)36-20-9-13-24-16-17-26(34-28(24)36)15-10-19-35-18-8-14-25(22-35)29(37)33-21-27(30(38)40-4)23-11-6-5-7-12-23/h5-7,11-12,16-17,25,27H,8-10,13-15,18-22H2,1-4H3,(H,33,37)/t25-,27-/m1/s1. The van der Waals surface area contributed by atoms with Crippen molar-refractivity contribution in [2.75, 3.05) is 44.7 Å². The number of hydrogen-bond donors (Lipinski definition) is 1. The molecule has 4 rings (SSSR count). The summed E-state index contributed by atoms with van der Waals surface area (Å²) in [6.07, 6.45) is 4.95. The predicted octanol–water partition coefficient (Wildman–Crippen LogP) is 4.49. The lowest BCUT2D eigenvalue weighted by Crippen LogP contribution is -2.44. The summed E-state index contributed by atoms with van der Waals surface area (Å²) in [5.74, 6) is -0.286. The number of likely N-dealkylation sites (tertiary alicyclic amines) is 1. The van der Waals surface area contributed by atoms with E-state index >= 15 is 0 Å². The summed E-state index contributed by atoms with van der Waals surface area (Å²) in [7, 11) is 1.37. The van der Waals surface area contributed by atoms with Gasteiger partial charge in [0.05, 0.1) is 18.9 Å². The number of rotatable bonds is 9. The second-order valence-corrected chi connectivity index (χ2v) is 12.0. The molecule has 2 aromatic rings. The van der Waals surface area contributed by atoms with E-state index in [0.717, 1.165) is 74.3 Å². The van der Waals surface area contributed by atoms with Crippen molar-refractivity contribution in [1.29, 1.82) is 0 Å². The van der Waals surface area contributed by atoms with Gasteiger partial charge in [-0.2, -0.15) is 0 Å². The van der Waals surface area contributed by atoms with Crippen molar-refractivity contribution in [3.05, 3.63) is 59.3 Å². The van der Waals surface area contributed by atoms with Gasteiger partial charge in [-0.25, -0.2) is 9.78 Å². The fourth-order valence-electron chi connectivity index (χ4n) is 5.58. The fourth-order valence-corrected chi connectivity index (χ4v) is 5.58. The number of hydrogen-bond acceptors (Lipinski definition) is 7. The number of ether oxygens (including phenoxy) is 2. The lowest BCUT2D eigenvalue weighted by Gasteiger charge is -2.32. The molecule has 2 aliphatic heterocycles. The monoisotopic (exact) mass is 564 g/mol. The average molecular weight is 565 g/mol. The van der Waals surface area contributed by atoms with Crippen molar-refractivity contribution >= 4 is 23.8 Å². The lowest BCUT2D eigenvalue weighted by molar-refractivity contribution is -0.142. The number of methoxy groups -OCH3 is 1. The summed E-state index contributed by atoms with van der Waals surface area (Å²) in [6, 6.07) is 13.6. The van der Waals surface area contributed by atoms with E-state index in [4.69, 9.17) is 14.5 Å². The van der Waals surface area contributed by atoms with Gasteiger partial charge in [-0.3, -0.25) is 14.5 Å². The van der Waals surface area contributed by atoms with E-state index in [1.807, 2.05) is 51.1 Å². The van der Waals surface area contributed by atoms with Gasteiger partial charge in [-0.05, 0) is 89.6 Å². The number of anilines is 1. The summed E-state index contributed by atoms with van der Waals surface area (Å²) < 4.78 is 10.6. The van der Waals surface area contributed by atoms with Crippen LogP contribution < -0.4 is 10.2 Å². The first kappa shape index (κ1) is 30.5. The van der Waals surface area contributed by atoms with Gasteiger partial charge in [0.2, 0.25) is 5.91 Å². The van der Waals surface area contributed by atoms with Crippen LogP contribution in [0.5, 0.6) is 0 Å². The number of amides is 2. The Labute approximate surface area is 243 Å². The van der Waals surface area contributed by atoms with Crippen molar-refractivity contribution < 1.29 is 23.9 Å². The summed E-state index contributed by atoms with van der Waals surface area (Å²) in [5.41, 5.74) is 2.31. The van der Waals surface area contributed by atoms with Gasteiger partial charge in [-0.1, -0.05) is 36.4 Å². The minimum Gasteiger partial charge on any atom is -0.468 e. The van der Waals surface area contributed by atoms with Crippen molar-refractivity contribution in [2.45, 2.75) is 70.8 Å². The Balaban J connectivity index is 1.28. The topological polar surface area (TPSA) is 101 Å². The molecule has 1 fully saturated rings. The first-order valence-electron chi connectivity index (χ1n) is 14.8. The molecule has 9 nitrogen and oxygen atoms in total. The zero-order valence-electron chi connectivity index (χ0n) is 24.9. The zero-order chi connectivity index (χ0) is 29.4. The van der Waals surface area contributed by atoms with E-state index < -0.39 is 11.5 Å². The molecule has 2 atom stereocenters. The van der Waals surface area contributed by atoms with Gasteiger partial charge >= 0.3 is 12.1 Å². The molecular weight excluding hydrogens is 520 g/mol. The van der Waals surface area contributed by atoms with Crippen LogP contribution in [0.4, 0.5) is 10.6 Å². The van der Waals surface area contributed by atoms with Crippen LogP contribution in [-0.4, -0.2) is 73.3 Å². The number of aryl methyl sites for hydroxylation is 2. The molecule has 0 spiro atoms. The lowest BCUT2D eigenvalue weighted by atomic mass is 9.95. The van der Waals surface area contributed by atoms with Crippen molar-refractivity contribution in [2.24, 2.45) is 5.92 Å². The average Bonchev–Trinajstić information content (AvgIpc) is 2.96. The number of piperidine rings is 1. The Bertz CT molecular complexity index is 1200. The molecule has 1 N–H and O–H groups in total. The summed E-state index contributed by atoms with van der Waals surface area (Å²) >= 11 is 0. The van der Waals surface area contributed by atoms with Gasteiger partial charge in [-0.15, -0.1) is 0 Å². The Kier molecular flexibility index (Phi) is 10.4. The number of fused-ring (bicyclic) bond motifs is 1. The third kappa shape index (κ3) is 8.52. The van der Waals surface area contributed by atoms with Crippen LogP contribution in [0.15, 0.2) is 42.5 Å². The van der Waals surface area contributed by atoms with Crippen LogP contribution in [0.1, 0.15) is 69.2 Å². The molecule has 2 aliphatic rings. The van der Waals surface area contributed by atoms with Crippen LogP contribution in [-0.2, 0) is 31.9 Å². The molecule has 0 radical (unpaired) electrons. The van der Waals surface area contributed by atoms with Crippen LogP contribution in [0, 0.1) is 5.92 Å². The Hall–Kier alpha value is -3.46. The molecule has 1 aromatic carbocycles. The van der Waals surface area contributed by atoms with Gasteiger partial charge in [0, 0.05) is 25.3 Å². The molecule has 0 saturated carbocycles. The second-order valence-electron chi connectivity index (χ2n) is 12.0. The third-order valence-electron chi connectivity index (χ3n) is 7.66. The number of pyridine rings is 1. The highest BCUT2D eigenvalue weighted by Gasteiger charge is 2.30. The quantitative estimate of drug-likeness (QED) is 0.448. The first-order valence-corrected chi connectivity index (χ1v) is 14.8. The number of esters is 1. The second kappa shape index (κ2) is 13.9. The van der Waals surface area contributed by atoms with E-state index in [-0.39, 0.29) is 30.4 Å². The van der Waals surface area contributed by atoms with Crippen molar-refractivity contribution in [1.82, 2.24) is 15.2 Å². The molecule has 2 amide bonds. The third-order valence-corrected chi connectivity index (χ3v) is 7.66. The maximum absolute atomic E-state index is 13.1. The van der Waals surface area contributed by atoms with Gasteiger partial charge in [0.15, 0.2) is 0 Å². The van der Waals surface area contributed by atoms with E-state index in [2.05, 4.69) is 22.3 Å². The fraction of sp³-hybridized carbons (Fsp3) is 0.562. The molecular formula is C32H44N4O5.